The molecule has 0 aromatic carbocycles. The van der Waals surface area contributed by atoms with E-state index in [2.05, 4.69) is 9.84 Å². The molecule has 2 aromatic rings. The summed E-state index contributed by atoms with van der Waals surface area (Å²) in [5, 5.41) is 14.2. The molecule has 5 nitrogen and oxygen atoms in total. The van der Waals surface area contributed by atoms with Gasteiger partial charge in [0.1, 0.15) is 10.0 Å². The first-order valence-corrected chi connectivity index (χ1v) is 5.44. The summed E-state index contributed by atoms with van der Waals surface area (Å²) in [7, 11) is 1.24. The highest BCUT2D eigenvalue weighted by Gasteiger charge is 2.23. The number of aromatic nitrogens is 2. The number of carbonyl (C=O) groups excluding carboxylic acids is 1. The van der Waals surface area contributed by atoms with Crippen LogP contribution in [0.2, 0.25) is 5.02 Å². The minimum absolute atomic E-state index is 0.0676. The Bertz CT molecular complexity index is 521. The molecule has 0 saturated heterocycles. The average molecular weight is 259 g/mol. The predicted octanol–water partition coefficient (Wildman–Crippen LogP) is 2.08. The quantitative estimate of drug-likeness (QED) is 0.838. The van der Waals surface area contributed by atoms with Crippen LogP contribution in [0.25, 0.3) is 5.00 Å². The summed E-state index contributed by atoms with van der Waals surface area (Å²) in [6, 6.07) is 1.71. The monoisotopic (exact) mass is 258 g/mol. The summed E-state index contributed by atoms with van der Waals surface area (Å²) in [5.41, 5.74) is 0. The molecule has 0 radical (unpaired) electrons. The van der Waals surface area contributed by atoms with Crippen LogP contribution < -0.4 is 0 Å². The number of methoxy groups -OCH3 is 1. The van der Waals surface area contributed by atoms with Crippen LogP contribution in [0.4, 0.5) is 0 Å². The fourth-order valence-corrected chi connectivity index (χ4v) is 2.46. The molecule has 0 atom stereocenters. The van der Waals surface area contributed by atoms with Crippen molar-refractivity contribution in [1.29, 1.82) is 0 Å². The highest BCUT2D eigenvalue weighted by Crippen LogP contribution is 2.40. The molecule has 0 unspecified atom stereocenters. The zero-order valence-electron chi connectivity index (χ0n) is 8.18. The first-order valence-electron chi connectivity index (χ1n) is 4.24. The Balaban J connectivity index is 2.54. The maximum atomic E-state index is 11.3. The zero-order valence-corrected chi connectivity index (χ0v) is 9.75. The number of rotatable bonds is 2. The Labute approximate surface area is 99.8 Å². The molecule has 0 aliphatic heterocycles. The van der Waals surface area contributed by atoms with Crippen molar-refractivity contribution in [3.05, 3.63) is 28.4 Å². The number of ether oxygens (including phenoxy) is 1. The molecule has 0 bridgehead atoms. The molecule has 84 valence electrons. The summed E-state index contributed by atoms with van der Waals surface area (Å²) >= 11 is 6.92. The Morgan fingerprint density at radius 1 is 1.69 bits per heavy atom. The van der Waals surface area contributed by atoms with E-state index in [1.54, 1.807) is 18.5 Å². The molecular formula is C9H7ClN2O3S. The number of esters is 1. The third-order valence-corrected chi connectivity index (χ3v) is 3.51. The van der Waals surface area contributed by atoms with Crippen LogP contribution in [0.1, 0.15) is 9.67 Å². The van der Waals surface area contributed by atoms with E-state index in [4.69, 9.17) is 11.6 Å². The molecule has 0 spiro atoms. The van der Waals surface area contributed by atoms with Gasteiger partial charge in [-0.1, -0.05) is 11.6 Å². The third-order valence-electron chi connectivity index (χ3n) is 1.89. The molecule has 1 N–H and O–H groups in total. The second-order valence-corrected chi connectivity index (χ2v) is 4.22. The lowest BCUT2D eigenvalue weighted by Gasteiger charge is -1.95. The van der Waals surface area contributed by atoms with E-state index >= 15 is 0 Å². The van der Waals surface area contributed by atoms with Gasteiger partial charge in [-0.2, -0.15) is 5.10 Å². The van der Waals surface area contributed by atoms with Gasteiger partial charge in [-0.3, -0.25) is 0 Å². The van der Waals surface area contributed by atoms with Crippen LogP contribution >= 0.6 is 22.9 Å². The summed E-state index contributed by atoms with van der Waals surface area (Å²) in [6.07, 6.45) is 3.24. The SMILES string of the molecule is COC(=O)c1sc(-n2cccn2)c(Cl)c1O. The highest BCUT2D eigenvalue weighted by atomic mass is 35.5. The van der Waals surface area contributed by atoms with E-state index < -0.39 is 5.97 Å². The van der Waals surface area contributed by atoms with Crippen molar-refractivity contribution >= 4 is 28.9 Å². The maximum Gasteiger partial charge on any atom is 0.352 e. The molecule has 2 rings (SSSR count). The molecule has 2 heterocycles. The lowest BCUT2D eigenvalue weighted by Crippen LogP contribution is -1.97. The zero-order chi connectivity index (χ0) is 11.7. The number of thiophene rings is 1. The summed E-state index contributed by atoms with van der Waals surface area (Å²) in [5.74, 6) is -0.896. The number of nitrogens with zero attached hydrogens (tertiary/aromatic N) is 2. The van der Waals surface area contributed by atoms with Crippen molar-refractivity contribution < 1.29 is 14.6 Å². The second-order valence-electron chi connectivity index (χ2n) is 2.84. The number of hydrogen-bond donors (Lipinski definition) is 1. The Morgan fingerprint density at radius 3 is 3.00 bits per heavy atom. The highest BCUT2D eigenvalue weighted by molar-refractivity contribution is 7.17. The maximum absolute atomic E-state index is 11.3. The molecule has 2 aromatic heterocycles. The second kappa shape index (κ2) is 4.15. The van der Waals surface area contributed by atoms with Gasteiger partial charge in [0.15, 0.2) is 10.6 Å². The topological polar surface area (TPSA) is 64.4 Å². The van der Waals surface area contributed by atoms with Crippen molar-refractivity contribution in [1.82, 2.24) is 9.78 Å². The summed E-state index contributed by atoms with van der Waals surface area (Å²) in [6.45, 7) is 0. The largest absolute Gasteiger partial charge is 0.505 e. The molecule has 16 heavy (non-hydrogen) atoms. The molecule has 7 heteroatoms. The van der Waals surface area contributed by atoms with Crippen LogP contribution in [0.3, 0.4) is 0 Å². The van der Waals surface area contributed by atoms with Crippen molar-refractivity contribution in [3.63, 3.8) is 0 Å². The van der Waals surface area contributed by atoms with Crippen LogP contribution in [0.15, 0.2) is 18.5 Å². The number of halogens is 1. The lowest BCUT2D eigenvalue weighted by atomic mass is 10.4. The molecular weight excluding hydrogens is 252 g/mol. The van der Waals surface area contributed by atoms with E-state index in [1.165, 1.54) is 11.8 Å². The van der Waals surface area contributed by atoms with Crippen molar-refractivity contribution in [2.75, 3.05) is 7.11 Å². The van der Waals surface area contributed by atoms with Crippen LogP contribution in [0, 0.1) is 0 Å². The van der Waals surface area contributed by atoms with Crippen molar-refractivity contribution in [3.8, 4) is 10.8 Å². The van der Waals surface area contributed by atoms with Gasteiger partial charge in [0, 0.05) is 12.4 Å². The van der Waals surface area contributed by atoms with E-state index in [0.717, 1.165) is 11.3 Å². The first-order chi connectivity index (χ1) is 7.65. The Kier molecular flexibility index (Phi) is 2.84. The van der Waals surface area contributed by atoms with Gasteiger partial charge in [-0.05, 0) is 6.07 Å². The third kappa shape index (κ3) is 1.66. The molecule has 0 fully saturated rings. The van der Waals surface area contributed by atoms with Gasteiger partial charge in [0.05, 0.1) is 7.11 Å². The Hall–Kier alpha value is -1.53. The lowest BCUT2D eigenvalue weighted by molar-refractivity contribution is 0.0603. The standard InChI is InChI=1S/C9H7ClN2O3S/c1-15-9(14)7-6(13)5(10)8(16-7)12-4-2-3-11-12/h2-4,13H,1H3. The molecule has 0 aliphatic carbocycles. The minimum Gasteiger partial charge on any atom is -0.505 e. The van der Waals surface area contributed by atoms with Gasteiger partial charge in [-0.25, -0.2) is 9.48 Å². The number of aromatic hydroxyl groups is 1. The normalized spacial score (nSPS) is 10.4. The van der Waals surface area contributed by atoms with Gasteiger partial charge in [0.2, 0.25) is 0 Å². The average Bonchev–Trinajstić information content (AvgIpc) is 2.89. The number of carbonyl (C=O) groups is 1. The van der Waals surface area contributed by atoms with E-state index in [0.29, 0.717) is 5.00 Å². The molecule has 0 saturated carbocycles. The van der Waals surface area contributed by atoms with Crippen molar-refractivity contribution in [2.24, 2.45) is 0 Å². The number of hydrogen-bond acceptors (Lipinski definition) is 5. The predicted molar refractivity (Wildman–Crippen MR) is 59.5 cm³/mol. The first kappa shape index (κ1) is 11.0. The summed E-state index contributed by atoms with van der Waals surface area (Å²) < 4.78 is 6.00. The molecule has 0 amide bonds. The fourth-order valence-electron chi connectivity index (χ4n) is 1.16. The van der Waals surface area contributed by atoms with E-state index in [-0.39, 0.29) is 15.6 Å². The van der Waals surface area contributed by atoms with Gasteiger partial charge in [0.25, 0.3) is 0 Å². The minimum atomic E-state index is -0.622. The van der Waals surface area contributed by atoms with Crippen molar-refractivity contribution in [2.45, 2.75) is 0 Å². The fraction of sp³-hybridized carbons (Fsp3) is 0.111. The van der Waals surface area contributed by atoms with Gasteiger partial charge >= 0.3 is 5.97 Å². The van der Waals surface area contributed by atoms with E-state index in [9.17, 15) is 9.90 Å². The van der Waals surface area contributed by atoms with Crippen LogP contribution in [-0.4, -0.2) is 28.0 Å². The van der Waals surface area contributed by atoms with Gasteiger partial charge < -0.3 is 9.84 Å². The molecule has 0 aliphatic rings. The van der Waals surface area contributed by atoms with Crippen LogP contribution in [0.5, 0.6) is 5.75 Å². The summed E-state index contributed by atoms with van der Waals surface area (Å²) in [4.78, 5) is 11.4. The van der Waals surface area contributed by atoms with E-state index in [1.807, 2.05) is 0 Å². The smallest absolute Gasteiger partial charge is 0.352 e. The van der Waals surface area contributed by atoms with Gasteiger partial charge in [-0.15, -0.1) is 11.3 Å². The van der Waals surface area contributed by atoms with Crippen LogP contribution in [-0.2, 0) is 4.74 Å². The Morgan fingerprint density at radius 2 is 2.44 bits per heavy atom.